The van der Waals surface area contributed by atoms with Crippen molar-refractivity contribution in [1.82, 2.24) is 14.5 Å². The zero-order valence-electron chi connectivity index (χ0n) is 17.1. The first-order chi connectivity index (χ1) is 14.0. The van der Waals surface area contributed by atoms with E-state index < -0.39 is 0 Å². The van der Waals surface area contributed by atoms with Crippen molar-refractivity contribution in [2.24, 2.45) is 13.0 Å². The van der Waals surface area contributed by atoms with Gasteiger partial charge in [-0.2, -0.15) is 0 Å². The summed E-state index contributed by atoms with van der Waals surface area (Å²) in [5.74, 6) is 1.76. The van der Waals surface area contributed by atoms with Crippen molar-refractivity contribution < 1.29 is 4.74 Å². The van der Waals surface area contributed by atoms with Gasteiger partial charge in [-0.25, -0.2) is 4.98 Å². The first kappa shape index (κ1) is 19.1. The summed E-state index contributed by atoms with van der Waals surface area (Å²) in [6.45, 7) is 1.02. The molecule has 0 radical (unpaired) electrons. The maximum Gasteiger partial charge on any atom is 0.132 e. The molecule has 0 bridgehead atoms. The van der Waals surface area contributed by atoms with Crippen LogP contribution in [0.4, 0.5) is 5.82 Å². The first-order valence-corrected chi connectivity index (χ1v) is 11.0. The third-order valence-corrected chi connectivity index (χ3v) is 7.23. The minimum Gasteiger partial charge on any atom is -0.361 e. The molecule has 29 heavy (non-hydrogen) atoms. The van der Waals surface area contributed by atoms with Gasteiger partial charge in [0.25, 0.3) is 0 Å². The van der Waals surface area contributed by atoms with Crippen molar-refractivity contribution in [2.45, 2.75) is 31.0 Å². The van der Waals surface area contributed by atoms with Gasteiger partial charge >= 0.3 is 0 Å². The number of halogens is 1. The standard InChI is InChI=1S/C23H27BrN4O/c1-27-12-14-10-20-18(17-5-4-6-19(27)22(14)17)9-15(13-28(20)2)23(29-3)26-21-8-7-16(24)11-25-21/h4-8,11-12,15,18,20,23H,9-10,13H2,1-3H3,(H,25,26)/t15-,18?,20-,23?/m1/s1. The molecule has 3 heterocycles. The number of ether oxygens (including phenoxy) is 1. The normalized spacial score (nSPS) is 25.0. The number of nitrogens with zero attached hydrogens (tertiary/aromatic N) is 3. The average Bonchev–Trinajstić information content (AvgIpc) is 3.05. The Kier molecular flexibility index (Phi) is 4.88. The van der Waals surface area contributed by atoms with Gasteiger partial charge in [0.15, 0.2) is 0 Å². The smallest absolute Gasteiger partial charge is 0.132 e. The maximum atomic E-state index is 5.91. The fourth-order valence-electron chi connectivity index (χ4n) is 5.46. The Balaban J connectivity index is 1.45. The molecule has 4 atom stereocenters. The summed E-state index contributed by atoms with van der Waals surface area (Å²) < 4.78 is 9.16. The molecule has 2 aliphatic rings. The number of methoxy groups -OCH3 is 1. The fourth-order valence-corrected chi connectivity index (χ4v) is 5.69. The molecule has 152 valence electrons. The molecule has 1 aliphatic heterocycles. The van der Waals surface area contributed by atoms with Gasteiger partial charge in [-0.15, -0.1) is 0 Å². The van der Waals surface area contributed by atoms with Crippen LogP contribution in [0.2, 0.25) is 0 Å². The average molecular weight is 455 g/mol. The molecule has 1 aromatic carbocycles. The van der Waals surface area contributed by atoms with Gasteiger partial charge in [0.2, 0.25) is 0 Å². The number of hydrogen-bond acceptors (Lipinski definition) is 4. The molecule has 0 amide bonds. The van der Waals surface area contributed by atoms with Crippen molar-refractivity contribution in [2.75, 3.05) is 26.0 Å². The monoisotopic (exact) mass is 454 g/mol. The number of hydrogen-bond donors (Lipinski definition) is 1. The molecule has 3 aromatic rings. The largest absolute Gasteiger partial charge is 0.361 e. The van der Waals surface area contributed by atoms with Gasteiger partial charge in [-0.05, 0) is 65.1 Å². The Hall–Kier alpha value is -1.89. The van der Waals surface area contributed by atoms with E-state index in [1.807, 2.05) is 18.3 Å². The number of anilines is 1. The number of fused-ring (bicyclic) bond motifs is 2. The van der Waals surface area contributed by atoms with Crippen molar-refractivity contribution in [3.63, 3.8) is 0 Å². The quantitative estimate of drug-likeness (QED) is 0.593. The molecule has 5 rings (SSSR count). The lowest BCUT2D eigenvalue weighted by molar-refractivity contribution is 0.0126. The van der Waals surface area contributed by atoms with Gasteiger partial charge in [0.05, 0.1) is 0 Å². The van der Waals surface area contributed by atoms with Crippen molar-refractivity contribution >= 4 is 32.7 Å². The molecule has 1 saturated heterocycles. The third-order valence-electron chi connectivity index (χ3n) is 6.76. The summed E-state index contributed by atoms with van der Waals surface area (Å²) in [5, 5.41) is 4.98. The number of benzene rings is 1. The van der Waals surface area contributed by atoms with Crippen LogP contribution in [-0.2, 0) is 18.2 Å². The van der Waals surface area contributed by atoms with Gasteiger partial charge in [0.1, 0.15) is 12.0 Å². The second-order valence-electron chi connectivity index (χ2n) is 8.48. The summed E-state index contributed by atoms with van der Waals surface area (Å²) in [7, 11) is 6.22. The summed E-state index contributed by atoms with van der Waals surface area (Å²) >= 11 is 3.45. The van der Waals surface area contributed by atoms with Crippen LogP contribution in [0, 0.1) is 5.92 Å². The summed E-state index contributed by atoms with van der Waals surface area (Å²) in [6.07, 6.45) is 6.31. The predicted molar refractivity (Wildman–Crippen MR) is 120 cm³/mol. The van der Waals surface area contributed by atoms with Crippen LogP contribution in [0.25, 0.3) is 10.9 Å². The molecule has 6 heteroatoms. The van der Waals surface area contributed by atoms with Crippen LogP contribution in [0.5, 0.6) is 0 Å². The highest BCUT2D eigenvalue weighted by atomic mass is 79.9. The van der Waals surface area contributed by atoms with Crippen LogP contribution in [0.15, 0.2) is 47.2 Å². The van der Waals surface area contributed by atoms with Crippen molar-refractivity contribution in [1.29, 1.82) is 0 Å². The fraction of sp³-hybridized carbons (Fsp3) is 0.435. The second-order valence-corrected chi connectivity index (χ2v) is 9.40. The number of piperidine rings is 1. The first-order valence-electron chi connectivity index (χ1n) is 10.2. The molecule has 1 N–H and O–H groups in total. The molecule has 1 aliphatic carbocycles. The Bertz CT molecular complexity index is 1030. The zero-order valence-corrected chi connectivity index (χ0v) is 18.7. The van der Waals surface area contributed by atoms with E-state index in [4.69, 9.17) is 4.74 Å². The van der Waals surface area contributed by atoms with Crippen LogP contribution in [0.3, 0.4) is 0 Å². The molecule has 0 spiro atoms. The summed E-state index contributed by atoms with van der Waals surface area (Å²) in [5.41, 5.74) is 4.34. The van der Waals surface area contributed by atoms with E-state index in [2.05, 4.69) is 74.2 Å². The summed E-state index contributed by atoms with van der Waals surface area (Å²) in [4.78, 5) is 7.01. The lowest BCUT2D eigenvalue weighted by atomic mass is 9.72. The molecular formula is C23H27BrN4O. The van der Waals surface area contributed by atoms with Crippen LogP contribution < -0.4 is 5.32 Å². The third kappa shape index (κ3) is 3.27. The Morgan fingerprint density at radius 1 is 1.24 bits per heavy atom. The molecule has 5 nitrogen and oxygen atoms in total. The van der Waals surface area contributed by atoms with E-state index in [1.54, 1.807) is 7.11 Å². The number of pyridine rings is 1. The second kappa shape index (κ2) is 7.42. The zero-order chi connectivity index (χ0) is 20.1. The van der Waals surface area contributed by atoms with E-state index in [0.29, 0.717) is 17.9 Å². The lowest BCUT2D eigenvalue weighted by Crippen LogP contribution is -2.51. The topological polar surface area (TPSA) is 42.3 Å². The van der Waals surface area contributed by atoms with Crippen LogP contribution >= 0.6 is 15.9 Å². The molecular weight excluding hydrogens is 428 g/mol. The summed E-state index contributed by atoms with van der Waals surface area (Å²) in [6, 6.07) is 11.3. The Morgan fingerprint density at radius 2 is 2.10 bits per heavy atom. The highest BCUT2D eigenvalue weighted by Crippen LogP contribution is 2.45. The van der Waals surface area contributed by atoms with E-state index in [-0.39, 0.29) is 6.23 Å². The van der Waals surface area contributed by atoms with Gasteiger partial charge < -0.3 is 19.5 Å². The van der Waals surface area contributed by atoms with Crippen LogP contribution in [-0.4, -0.2) is 47.4 Å². The Morgan fingerprint density at radius 3 is 2.86 bits per heavy atom. The lowest BCUT2D eigenvalue weighted by Gasteiger charge is -2.47. The molecule has 1 fully saturated rings. The number of rotatable bonds is 4. The van der Waals surface area contributed by atoms with E-state index in [1.165, 1.54) is 22.0 Å². The van der Waals surface area contributed by atoms with E-state index in [0.717, 1.165) is 29.7 Å². The minimum absolute atomic E-state index is 0.0663. The minimum atomic E-state index is -0.0663. The predicted octanol–water partition coefficient (Wildman–Crippen LogP) is 4.38. The van der Waals surface area contributed by atoms with Crippen molar-refractivity contribution in [3.8, 4) is 0 Å². The van der Waals surface area contributed by atoms with Crippen molar-refractivity contribution in [3.05, 3.63) is 58.3 Å². The van der Waals surface area contributed by atoms with Gasteiger partial charge in [0, 0.05) is 66.3 Å². The highest BCUT2D eigenvalue weighted by molar-refractivity contribution is 9.10. The maximum absolute atomic E-state index is 5.91. The van der Waals surface area contributed by atoms with Gasteiger partial charge in [-0.3, -0.25) is 0 Å². The highest BCUT2D eigenvalue weighted by Gasteiger charge is 2.41. The SMILES string of the molecule is COC(Nc1ccc(Br)cn1)[C@@H]1CC2c3cccc4c3c(cn4C)C[C@H]2N(C)C1. The number of nitrogens with one attached hydrogen (secondary N) is 1. The number of likely N-dealkylation sites (N-methyl/N-ethyl adjacent to an activating group) is 1. The Labute approximate surface area is 180 Å². The number of aromatic nitrogens is 2. The molecule has 2 unspecified atom stereocenters. The van der Waals surface area contributed by atoms with E-state index in [9.17, 15) is 0 Å². The van der Waals surface area contributed by atoms with E-state index >= 15 is 0 Å². The number of likely N-dealkylation sites (tertiary alicyclic amines) is 1. The number of aryl methyl sites for hydroxylation is 1. The molecule has 0 saturated carbocycles. The van der Waals surface area contributed by atoms with Gasteiger partial charge in [-0.1, -0.05) is 12.1 Å². The van der Waals surface area contributed by atoms with Crippen LogP contribution in [0.1, 0.15) is 23.5 Å². The molecule has 2 aromatic heterocycles.